The minimum Gasteiger partial charge on any atom is -0.496 e. The Bertz CT molecular complexity index is 752. The minimum atomic E-state index is -0.147. The molecule has 0 saturated carbocycles. The van der Waals surface area contributed by atoms with E-state index in [0.717, 1.165) is 22.6 Å². The highest BCUT2D eigenvalue weighted by atomic mass is 16.5. The van der Waals surface area contributed by atoms with E-state index >= 15 is 0 Å². The van der Waals surface area contributed by atoms with E-state index < -0.39 is 0 Å². The third-order valence-corrected chi connectivity index (χ3v) is 4.25. The van der Waals surface area contributed by atoms with Crippen LogP contribution in [0.2, 0.25) is 0 Å². The van der Waals surface area contributed by atoms with E-state index in [1.54, 1.807) is 30.6 Å². The van der Waals surface area contributed by atoms with Gasteiger partial charge in [0.2, 0.25) is 5.91 Å². The Kier molecular flexibility index (Phi) is 5.40. The molecule has 0 saturated heterocycles. The van der Waals surface area contributed by atoms with Crippen molar-refractivity contribution in [2.45, 2.75) is 59.3 Å². The number of anilines is 2. The molecule has 2 aromatic rings. The van der Waals surface area contributed by atoms with Gasteiger partial charge in [-0.1, -0.05) is 41.5 Å². The van der Waals surface area contributed by atoms with Crippen molar-refractivity contribution < 1.29 is 9.53 Å². The van der Waals surface area contributed by atoms with Crippen molar-refractivity contribution in [1.29, 1.82) is 0 Å². The summed E-state index contributed by atoms with van der Waals surface area (Å²) >= 11 is 0. The third kappa shape index (κ3) is 4.03. The topological polar surface area (TPSA) is 55.3 Å². The molecule has 5 nitrogen and oxygen atoms in total. The molecule has 5 heteroatoms. The molecule has 0 unspecified atom stereocenters. The van der Waals surface area contributed by atoms with Crippen LogP contribution in [0, 0.1) is 0 Å². The highest BCUT2D eigenvalue weighted by Gasteiger charge is 2.29. The fraction of sp³-hybridized carbons (Fsp3) is 0.476. The second-order valence-electron chi connectivity index (χ2n) is 8.49. The van der Waals surface area contributed by atoms with E-state index in [0.29, 0.717) is 5.82 Å². The second-order valence-corrected chi connectivity index (χ2v) is 8.49. The van der Waals surface area contributed by atoms with Gasteiger partial charge in [-0.3, -0.25) is 14.7 Å². The van der Waals surface area contributed by atoms with Crippen LogP contribution in [0.4, 0.5) is 11.5 Å². The summed E-state index contributed by atoms with van der Waals surface area (Å²) in [7, 11) is 1.70. The summed E-state index contributed by atoms with van der Waals surface area (Å²) in [5.41, 5.74) is 2.59. The van der Waals surface area contributed by atoms with Crippen LogP contribution in [-0.4, -0.2) is 23.0 Å². The Morgan fingerprint density at radius 2 is 1.54 bits per heavy atom. The van der Waals surface area contributed by atoms with Gasteiger partial charge < -0.3 is 4.74 Å². The van der Waals surface area contributed by atoms with E-state index in [1.165, 1.54) is 6.92 Å². The molecule has 0 radical (unpaired) electrons. The molecule has 0 aliphatic heterocycles. The Balaban J connectivity index is 2.82. The molecule has 1 aromatic carbocycles. The highest BCUT2D eigenvalue weighted by molar-refractivity contribution is 5.98. The summed E-state index contributed by atoms with van der Waals surface area (Å²) < 4.78 is 5.80. The van der Waals surface area contributed by atoms with Gasteiger partial charge in [0.05, 0.1) is 19.0 Å². The van der Waals surface area contributed by atoms with E-state index in [-0.39, 0.29) is 16.7 Å². The number of carbonyl (C=O) groups excluding carboxylic acids is 1. The third-order valence-electron chi connectivity index (χ3n) is 4.25. The maximum absolute atomic E-state index is 12.4. The van der Waals surface area contributed by atoms with E-state index in [9.17, 15) is 4.79 Å². The lowest BCUT2D eigenvalue weighted by Crippen LogP contribution is -2.26. The molecule has 0 aliphatic carbocycles. The Morgan fingerprint density at radius 1 is 1.00 bits per heavy atom. The molecule has 26 heavy (non-hydrogen) atoms. The van der Waals surface area contributed by atoms with Gasteiger partial charge in [0.25, 0.3) is 0 Å². The quantitative estimate of drug-likeness (QED) is 0.796. The van der Waals surface area contributed by atoms with Crippen molar-refractivity contribution in [2.24, 2.45) is 0 Å². The van der Waals surface area contributed by atoms with Crippen LogP contribution in [0.25, 0.3) is 0 Å². The summed E-state index contributed by atoms with van der Waals surface area (Å²) in [5.74, 6) is 1.26. The number of aromatic nitrogens is 2. The molecule has 1 heterocycles. The predicted octanol–water partition coefficient (Wildman–Crippen LogP) is 4.76. The largest absolute Gasteiger partial charge is 0.496 e. The van der Waals surface area contributed by atoms with Crippen LogP contribution >= 0.6 is 0 Å². The van der Waals surface area contributed by atoms with Crippen molar-refractivity contribution in [1.82, 2.24) is 9.97 Å². The summed E-state index contributed by atoms with van der Waals surface area (Å²) in [4.78, 5) is 22.5. The lowest BCUT2D eigenvalue weighted by Gasteiger charge is -2.31. The van der Waals surface area contributed by atoms with Gasteiger partial charge in [-0.2, -0.15) is 0 Å². The SMILES string of the molecule is COc1c(C(C)(C)C)cc(N(C(C)=O)c2cnccn2)cc1C(C)(C)C. The second kappa shape index (κ2) is 7.06. The van der Waals surface area contributed by atoms with Crippen LogP contribution in [-0.2, 0) is 15.6 Å². The average Bonchev–Trinajstić information content (AvgIpc) is 2.53. The molecule has 1 aromatic heterocycles. The number of benzene rings is 1. The van der Waals surface area contributed by atoms with Gasteiger partial charge >= 0.3 is 0 Å². The fourth-order valence-corrected chi connectivity index (χ4v) is 2.96. The molecule has 2 rings (SSSR count). The van der Waals surface area contributed by atoms with Gasteiger partial charge in [0, 0.05) is 30.4 Å². The highest BCUT2D eigenvalue weighted by Crippen LogP contribution is 2.43. The van der Waals surface area contributed by atoms with Crippen molar-refractivity contribution in [3.8, 4) is 5.75 Å². The first-order chi connectivity index (χ1) is 12.0. The van der Waals surface area contributed by atoms with Crippen molar-refractivity contribution >= 4 is 17.4 Å². The molecular formula is C21H29N3O2. The molecule has 0 N–H and O–H groups in total. The number of methoxy groups -OCH3 is 1. The normalized spacial score (nSPS) is 12.0. The van der Waals surface area contributed by atoms with Crippen molar-refractivity contribution in [2.75, 3.05) is 12.0 Å². The van der Waals surface area contributed by atoms with Gasteiger partial charge in [-0.25, -0.2) is 4.98 Å². The zero-order chi connectivity index (χ0) is 19.7. The van der Waals surface area contributed by atoms with E-state index in [2.05, 4.69) is 51.5 Å². The van der Waals surface area contributed by atoms with Crippen molar-refractivity contribution in [3.63, 3.8) is 0 Å². The molecule has 0 fully saturated rings. The van der Waals surface area contributed by atoms with Gasteiger partial charge in [-0.05, 0) is 23.0 Å². The number of hydrogen-bond donors (Lipinski definition) is 0. The first-order valence-electron chi connectivity index (χ1n) is 8.76. The van der Waals surface area contributed by atoms with E-state index in [4.69, 9.17) is 4.74 Å². The number of carbonyl (C=O) groups is 1. The zero-order valence-electron chi connectivity index (χ0n) is 17.0. The zero-order valence-corrected chi connectivity index (χ0v) is 17.0. The number of ether oxygens (including phenoxy) is 1. The molecule has 0 spiro atoms. The number of nitrogens with zero attached hydrogens (tertiary/aromatic N) is 3. The van der Waals surface area contributed by atoms with Crippen molar-refractivity contribution in [3.05, 3.63) is 41.9 Å². The lowest BCUT2D eigenvalue weighted by atomic mass is 9.79. The molecule has 0 bridgehead atoms. The number of amides is 1. The van der Waals surface area contributed by atoms with Gasteiger partial charge in [0.15, 0.2) is 5.82 Å². The Morgan fingerprint density at radius 3 is 1.88 bits per heavy atom. The number of hydrogen-bond acceptors (Lipinski definition) is 4. The lowest BCUT2D eigenvalue weighted by molar-refractivity contribution is -0.115. The first kappa shape index (κ1) is 19.9. The minimum absolute atomic E-state index is 0.115. The molecule has 1 amide bonds. The van der Waals surface area contributed by atoms with Crippen LogP contribution in [0.1, 0.15) is 59.6 Å². The smallest absolute Gasteiger partial charge is 0.229 e. The summed E-state index contributed by atoms with van der Waals surface area (Å²) in [6.45, 7) is 14.4. The van der Waals surface area contributed by atoms with Crippen LogP contribution in [0.3, 0.4) is 0 Å². The molecular weight excluding hydrogens is 326 g/mol. The maximum atomic E-state index is 12.4. The van der Waals surface area contributed by atoms with Crippen LogP contribution in [0.5, 0.6) is 5.75 Å². The number of rotatable bonds is 3. The van der Waals surface area contributed by atoms with Gasteiger partial charge in [0.1, 0.15) is 5.75 Å². The molecule has 0 aliphatic rings. The van der Waals surface area contributed by atoms with Crippen LogP contribution in [0.15, 0.2) is 30.7 Å². The van der Waals surface area contributed by atoms with Crippen LogP contribution < -0.4 is 9.64 Å². The summed E-state index contributed by atoms with van der Waals surface area (Å²) in [6.07, 6.45) is 4.78. The first-order valence-corrected chi connectivity index (χ1v) is 8.76. The Hall–Kier alpha value is -2.43. The monoisotopic (exact) mass is 355 g/mol. The molecule has 0 atom stereocenters. The molecule has 140 valence electrons. The fourth-order valence-electron chi connectivity index (χ4n) is 2.96. The Labute approximate surface area is 156 Å². The maximum Gasteiger partial charge on any atom is 0.229 e. The van der Waals surface area contributed by atoms with Gasteiger partial charge in [-0.15, -0.1) is 0 Å². The summed E-state index contributed by atoms with van der Waals surface area (Å²) in [6, 6.07) is 4.04. The summed E-state index contributed by atoms with van der Waals surface area (Å²) in [5, 5.41) is 0. The standard InChI is InChI=1S/C21H29N3O2/c1-14(25)24(18-13-22-9-10-23-18)15-11-16(20(2,3)4)19(26-8)17(12-15)21(5,6)7/h9-13H,1-8H3. The van der Waals surface area contributed by atoms with E-state index in [1.807, 2.05) is 12.1 Å². The average molecular weight is 355 g/mol. The predicted molar refractivity (Wildman–Crippen MR) is 105 cm³/mol.